The molecule has 0 aromatic carbocycles. The molecule has 1 aliphatic rings. The van der Waals surface area contributed by atoms with Crippen LogP contribution in [0.2, 0.25) is 0 Å². The van der Waals surface area contributed by atoms with Crippen LogP contribution in [0.15, 0.2) is 53.4 Å². The molecule has 5 heteroatoms. The second kappa shape index (κ2) is 8.20. The second-order valence-electron chi connectivity index (χ2n) is 6.87. The number of nitrogens with zero attached hydrogens (tertiary/aromatic N) is 2. The molecule has 0 bridgehead atoms. The Bertz CT molecular complexity index is 659. The van der Waals surface area contributed by atoms with Gasteiger partial charge in [-0.2, -0.15) is 5.10 Å². The first-order valence-corrected chi connectivity index (χ1v) is 8.65. The first-order chi connectivity index (χ1) is 11.4. The van der Waals surface area contributed by atoms with Crippen molar-refractivity contribution in [3.8, 4) is 0 Å². The molecular weight excluding hydrogens is 316 g/mol. The number of thiocarbonyl (C=S) groups is 1. The third-order valence-corrected chi connectivity index (χ3v) is 4.56. The van der Waals surface area contributed by atoms with Crippen molar-refractivity contribution in [1.29, 1.82) is 0 Å². The summed E-state index contributed by atoms with van der Waals surface area (Å²) >= 11 is 5.23. The normalized spacial score (nSPS) is 20.6. The smallest absolute Gasteiger partial charge is 0.191 e. The van der Waals surface area contributed by atoms with E-state index in [9.17, 15) is 0 Å². The number of hydrogen-bond donors (Lipinski definition) is 2. The Kier molecular flexibility index (Phi) is 6.26. The van der Waals surface area contributed by atoms with Crippen LogP contribution in [0, 0.1) is 11.3 Å². The van der Waals surface area contributed by atoms with E-state index in [0.717, 1.165) is 11.4 Å². The van der Waals surface area contributed by atoms with Gasteiger partial charge in [0.15, 0.2) is 5.11 Å². The molecule has 2 N–H and O–H groups in total. The van der Waals surface area contributed by atoms with Gasteiger partial charge in [-0.1, -0.05) is 31.6 Å². The Hall–Kier alpha value is -2.01. The monoisotopic (exact) mass is 342 g/mol. The highest BCUT2D eigenvalue weighted by molar-refractivity contribution is 7.80. The summed E-state index contributed by atoms with van der Waals surface area (Å²) in [5.41, 5.74) is 6.32. The molecule has 2 rings (SSSR count). The SMILES string of the molecule is CC1=CCCC(C)(C)C1/C=C/C(C)=N/NC(=S)Nc1cccnc1. The molecule has 1 atom stereocenters. The van der Waals surface area contributed by atoms with Gasteiger partial charge in [-0.05, 0) is 62.5 Å². The number of allylic oxidation sites excluding steroid dienone is 4. The van der Waals surface area contributed by atoms with Crippen LogP contribution < -0.4 is 10.7 Å². The van der Waals surface area contributed by atoms with Gasteiger partial charge in [0, 0.05) is 12.1 Å². The van der Waals surface area contributed by atoms with Crippen LogP contribution in [-0.4, -0.2) is 15.8 Å². The molecular formula is C19H26N4S. The zero-order valence-corrected chi connectivity index (χ0v) is 15.7. The second-order valence-corrected chi connectivity index (χ2v) is 7.28. The number of nitrogens with one attached hydrogen (secondary N) is 2. The number of rotatable bonds is 4. The van der Waals surface area contributed by atoms with Crippen LogP contribution >= 0.6 is 12.2 Å². The maximum absolute atomic E-state index is 5.23. The fraction of sp³-hybridized carbons (Fsp3) is 0.421. The van der Waals surface area contributed by atoms with Gasteiger partial charge in [0.2, 0.25) is 0 Å². The number of aromatic nitrogens is 1. The Morgan fingerprint density at radius 3 is 2.92 bits per heavy atom. The zero-order chi connectivity index (χ0) is 17.6. The van der Waals surface area contributed by atoms with E-state index < -0.39 is 0 Å². The average molecular weight is 343 g/mol. The van der Waals surface area contributed by atoms with E-state index in [0.29, 0.717) is 16.4 Å². The first-order valence-electron chi connectivity index (χ1n) is 8.24. The van der Waals surface area contributed by atoms with E-state index in [1.165, 1.54) is 18.4 Å². The van der Waals surface area contributed by atoms with Gasteiger partial charge in [-0.3, -0.25) is 10.4 Å². The van der Waals surface area contributed by atoms with Gasteiger partial charge in [0.25, 0.3) is 0 Å². The van der Waals surface area contributed by atoms with Crippen molar-refractivity contribution in [2.45, 2.75) is 40.5 Å². The van der Waals surface area contributed by atoms with E-state index in [-0.39, 0.29) is 0 Å². The van der Waals surface area contributed by atoms with Gasteiger partial charge in [-0.25, -0.2) is 0 Å². The summed E-state index contributed by atoms with van der Waals surface area (Å²) in [6, 6.07) is 3.75. The Balaban J connectivity index is 1.92. The summed E-state index contributed by atoms with van der Waals surface area (Å²) in [5.74, 6) is 0.455. The van der Waals surface area contributed by atoms with Gasteiger partial charge in [-0.15, -0.1) is 0 Å². The van der Waals surface area contributed by atoms with Crippen molar-refractivity contribution in [3.05, 3.63) is 48.3 Å². The van der Waals surface area contributed by atoms with Gasteiger partial charge >= 0.3 is 0 Å². The van der Waals surface area contributed by atoms with Gasteiger partial charge in [0.05, 0.1) is 17.6 Å². The van der Waals surface area contributed by atoms with Gasteiger partial charge in [0.1, 0.15) is 0 Å². The molecule has 0 amide bonds. The fourth-order valence-electron chi connectivity index (χ4n) is 2.99. The highest BCUT2D eigenvalue weighted by Gasteiger charge is 2.30. The zero-order valence-electron chi connectivity index (χ0n) is 14.8. The highest BCUT2D eigenvalue weighted by atomic mass is 32.1. The topological polar surface area (TPSA) is 49.3 Å². The Morgan fingerprint density at radius 2 is 2.25 bits per heavy atom. The van der Waals surface area contributed by atoms with Crippen molar-refractivity contribution in [2.24, 2.45) is 16.4 Å². The molecule has 1 heterocycles. The number of anilines is 1. The molecule has 1 unspecified atom stereocenters. The van der Waals surface area contributed by atoms with Crippen molar-refractivity contribution in [2.75, 3.05) is 5.32 Å². The minimum absolute atomic E-state index is 0.292. The van der Waals surface area contributed by atoms with E-state index in [1.807, 2.05) is 19.1 Å². The average Bonchev–Trinajstić information content (AvgIpc) is 2.53. The lowest BCUT2D eigenvalue weighted by Gasteiger charge is -2.36. The molecule has 0 aliphatic heterocycles. The van der Waals surface area contributed by atoms with Crippen molar-refractivity contribution < 1.29 is 0 Å². The van der Waals surface area contributed by atoms with E-state index >= 15 is 0 Å². The van der Waals surface area contributed by atoms with Crippen molar-refractivity contribution >= 4 is 28.7 Å². The molecule has 0 fully saturated rings. The summed E-state index contributed by atoms with van der Waals surface area (Å²) in [6.45, 7) is 8.84. The van der Waals surface area contributed by atoms with Crippen LogP contribution in [0.1, 0.15) is 40.5 Å². The quantitative estimate of drug-likeness (QED) is 0.361. The lowest BCUT2D eigenvalue weighted by atomic mass is 9.68. The Labute approximate surface area is 150 Å². The van der Waals surface area contributed by atoms with Crippen molar-refractivity contribution in [1.82, 2.24) is 10.4 Å². The fourth-order valence-corrected chi connectivity index (χ4v) is 3.15. The highest BCUT2D eigenvalue weighted by Crippen LogP contribution is 2.41. The lowest BCUT2D eigenvalue weighted by Crippen LogP contribution is -2.26. The predicted octanol–water partition coefficient (Wildman–Crippen LogP) is 4.68. The van der Waals surface area contributed by atoms with Crippen LogP contribution in [0.3, 0.4) is 0 Å². The first kappa shape index (κ1) is 18.3. The molecule has 4 nitrogen and oxygen atoms in total. The molecule has 0 spiro atoms. The summed E-state index contributed by atoms with van der Waals surface area (Å²) in [5, 5.41) is 7.80. The molecule has 0 radical (unpaired) electrons. The van der Waals surface area contributed by atoms with Crippen LogP contribution in [0.25, 0.3) is 0 Å². The van der Waals surface area contributed by atoms with E-state index in [4.69, 9.17) is 12.2 Å². The van der Waals surface area contributed by atoms with Crippen LogP contribution in [0.5, 0.6) is 0 Å². The van der Waals surface area contributed by atoms with Gasteiger partial charge < -0.3 is 5.32 Å². The van der Waals surface area contributed by atoms with Crippen molar-refractivity contribution in [3.63, 3.8) is 0 Å². The minimum atomic E-state index is 0.292. The predicted molar refractivity (Wildman–Crippen MR) is 106 cm³/mol. The molecule has 24 heavy (non-hydrogen) atoms. The standard InChI is InChI=1S/C19H26N4S/c1-14-7-5-11-19(3,4)17(14)10-9-15(2)22-23-18(24)21-16-8-6-12-20-13-16/h6-10,12-13,17H,5,11H2,1-4H3,(H2,21,23,24)/b10-9+,22-15+. The van der Waals surface area contributed by atoms with E-state index in [2.05, 4.69) is 59.8 Å². The summed E-state index contributed by atoms with van der Waals surface area (Å²) in [7, 11) is 0. The maximum atomic E-state index is 5.23. The molecule has 1 aromatic rings. The molecule has 1 aromatic heterocycles. The lowest BCUT2D eigenvalue weighted by molar-refractivity contribution is 0.255. The maximum Gasteiger partial charge on any atom is 0.191 e. The van der Waals surface area contributed by atoms with E-state index in [1.54, 1.807) is 12.4 Å². The van der Waals surface area contributed by atoms with Crippen LogP contribution in [0.4, 0.5) is 5.69 Å². The number of hydrazone groups is 1. The minimum Gasteiger partial charge on any atom is -0.330 e. The van der Waals surface area contributed by atoms with Crippen LogP contribution in [-0.2, 0) is 0 Å². The molecule has 1 aliphatic carbocycles. The Morgan fingerprint density at radius 1 is 1.46 bits per heavy atom. The summed E-state index contributed by atoms with van der Waals surface area (Å²) in [4.78, 5) is 4.03. The number of hydrogen-bond acceptors (Lipinski definition) is 3. The molecule has 128 valence electrons. The summed E-state index contributed by atoms with van der Waals surface area (Å²) in [6.07, 6.45) is 12.5. The molecule has 0 saturated carbocycles. The largest absolute Gasteiger partial charge is 0.330 e. The molecule has 0 saturated heterocycles. The summed E-state index contributed by atoms with van der Waals surface area (Å²) < 4.78 is 0. The third-order valence-electron chi connectivity index (χ3n) is 4.37. The third kappa shape index (κ3) is 5.27. The number of pyridine rings is 1.